The van der Waals surface area contributed by atoms with Crippen molar-refractivity contribution in [3.8, 4) is 6.07 Å². The number of rotatable bonds is 3. The second-order valence-electron chi connectivity index (χ2n) is 1.97. The summed E-state index contributed by atoms with van der Waals surface area (Å²) in [4.78, 5) is 10.5. The van der Waals surface area contributed by atoms with Crippen LogP contribution in [-0.4, -0.2) is 25.3 Å². The maximum absolute atomic E-state index is 10.5. The Morgan fingerprint density at radius 3 is 3.10 bits per heavy atom. The van der Waals surface area contributed by atoms with Crippen LogP contribution >= 0.6 is 0 Å². The van der Waals surface area contributed by atoms with E-state index in [1.165, 1.54) is 0 Å². The molecule has 1 aliphatic rings. The maximum atomic E-state index is 10.5. The molecule has 0 aliphatic carbocycles. The first-order valence-corrected chi connectivity index (χ1v) is 2.97. The minimum atomic E-state index is -0.474. The number of nitriles is 1. The Labute approximate surface area is 58.3 Å². The summed E-state index contributed by atoms with van der Waals surface area (Å²) in [6.07, 6.45) is -0.0881. The SMILES string of the molecule is N#CCC(=O)OC[C@@H]1CO1. The molecule has 0 aromatic rings. The number of carbonyl (C=O) groups excluding carboxylic acids is 1. The first-order valence-electron chi connectivity index (χ1n) is 2.97. The predicted octanol–water partition coefficient (Wildman–Crippen LogP) is -0.158. The standard InChI is InChI=1S/C6H7NO3/c7-2-1-6(8)10-4-5-3-9-5/h5H,1,3-4H2/t5-/m0/s1. The van der Waals surface area contributed by atoms with Gasteiger partial charge in [0.2, 0.25) is 0 Å². The monoisotopic (exact) mass is 141 g/mol. The smallest absolute Gasteiger partial charge is 0.320 e. The molecule has 0 N–H and O–H groups in total. The Balaban J connectivity index is 2.01. The number of epoxide rings is 1. The van der Waals surface area contributed by atoms with Gasteiger partial charge in [-0.2, -0.15) is 5.26 Å². The van der Waals surface area contributed by atoms with Crippen molar-refractivity contribution in [3.05, 3.63) is 0 Å². The Bertz CT molecular complexity index is 168. The fourth-order valence-electron chi connectivity index (χ4n) is 0.466. The van der Waals surface area contributed by atoms with Gasteiger partial charge >= 0.3 is 5.97 Å². The van der Waals surface area contributed by atoms with Crippen molar-refractivity contribution in [1.29, 1.82) is 5.26 Å². The predicted molar refractivity (Wildman–Crippen MR) is 30.9 cm³/mol. The molecule has 0 unspecified atom stereocenters. The van der Waals surface area contributed by atoms with Gasteiger partial charge in [0.05, 0.1) is 12.7 Å². The topological polar surface area (TPSA) is 62.6 Å². The average molecular weight is 141 g/mol. The molecular formula is C6H7NO3. The summed E-state index contributed by atoms with van der Waals surface area (Å²) >= 11 is 0. The summed E-state index contributed by atoms with van der Waals surface area (Å²) in [5.74, 6) is -0.474. The van der Waals surface area contributed by atoms with Crippen molar-refractivity contribution >= 4 is 5.97 Å². The molecule has 10 heavy (non-hydrogen) atoms. The number of esters is 1. The van der Waals surface area contributed by atoms with Crippen LogP contribution in [0, 0.1) is 11.3 Å². The van der Waals surface area contributed by atoms with E-state index in [0.29, 0.717) is 13.2 Å². The molecule has 1 rings (SSSR count). The van der Waals surface area contributed by atoms with Gasteiger partial charge in [0, 0.05) is 0 Å². The van der Waals surface area contributed by atoms with Crippen LogP contribution in [0.25, 0.3) is 0 Å². The van der Waals surface area contributed by atoms with Crippen molar-refractivity contribution in [2.45, 2.75) is 12.5 Å². The van der Waals surface area contributed by atoms with E-state index >= 15 is 0 Å². The fraction of sp³-hybridized carbons (Fsp3) is 0.667. The van der Waals surface area contributed by atoms with Gasteiger partial charge in [-0.3, -0.25) is 4.79 Å². The zero-order valence-corrected chi connectivity index (χ0v) is 5.37. The van der Waals surface area contributed by atoms with Crippen molar-refractivity contribution in [2.75, 3.05) is 13.2 Å². The van der Waals surface area contributed by atoms with E-state index in [-0.39, 0.29) is 12.5 Å². The van der Waals surface area contributed by atoms with Crippen molar-refractivity contribution < 1.29 is 14.3 Å². The molecule has 0 spiro atoms. The summed E-state index contributed by atoms with van der Waals surface area (Å²) in [6, 6.07) is 1.70. The summed E-state index contributed by atoms with van der Waals surface area (Å²) < 4.78 is 9.40. The highest BCUT2D eigenvalue weighted by Crippen LogP contribution is 2.08. The van der Waals surface area contributed by atoms with Gasteiger partial charge in [-0.25, -0.2) is 0 Å². The van der Waals surface area contributed by atoms with Crippen LogP contribution in [0.5, 0.6) is 0 Å². The van der Waals surface area contributed by atoms with Crippen molar-refractivity contribution in [1.82, 2.24) is 0 Å². The quantitative estimate of drug-likeness (QED) is 0.404. The van der Waals surface area contributed by atoms with Gasteiger partial charge in [0.15, 0.2) is 0 Å². The Kier molecular flexibility index (Phi) is 2.24. The number of carbonyl (C=O) groups is 1. The van der Waals surface area contributed by atoms with Crippen molar-refractivity contribution in [3.63, 3.8) is 0 Å². The van der Waals surface area contributed by atoms with Crippen LogP contribution in [0.15, 0.2) is 0 Å². The number of ether oxygens (including phenoxy) is 2. The molecule has 0 aromatic heterocycles. The van der Waals surface area contributed by atoms with E-state index < -0.39 is 5.97 Å². The normalized spacial score (nSPS) is 21.3. The van der Waals surface area contributed by atoms with Gasteiger partial charge in [0.25, 0.3) is 0 Å². The minimum Gasteiger partial charge on any atom is -0.462 e. The van der Waals surface area contributed by atoms with Gasteiger partial charge in [-0.1, -0.05) is 0 Å². The zero-order valence-electron chi connectivity index (χ0n) is 5.37. The van der Waals surface area contributed by atoms with Gasteiger partial charge in [-0.15, -0.1) is 0 Å². The van der Waals surface area contributed by atoms with Crippen molar-refractivity contribution in [2.24, 2.45) is 0 Å². The maximum Gasteiger partial charge on any atom is 0.320 e. The lowest BCUT2D eigenvalue weighted by Gasteiger charge is -1.96. The van der Waals surface area contributed by atoms with Crippen LogP contribution in [0.3, 0.4) is 0 Å². The molecule has 1 saturated heterocycles. The van der Waals surface area contributed by atoms with E-state index in [2.05, 4.69) is 4.74 Å². The van der Waals surface area contributed by atoms with Gasteiger partial charge in [-0.05, 0) is 0 Å². The second kappa shape index (κ2) is 3.18. The Morgan fingerprint density at radius 2 is 2.60 bits per heavy atom. The highest BCUT2D eigenvalue weighted by molar-refractivity contribution is 5.71. The van der Waals surface area contributed by atoms with Crippen LogP contribution in [-0.2, 0) is 14.3 Å². The highest BCUT2D eigenvalue weighted by Gasteiger charge is 2.23. The molecule has 1 atom stereocenters. The largest absolute Gasteiger partial charge is 0.462 e. The Hall–Kier alpha value is -1.08. The summed E-state index contributed by atoms with van der Waals surface area (Å²) in [5, 5.41) is 8.04. The second-order valence-corrected chi connectivity index (χ2v) is 1.97. The Morgan fingerprint density at radius 1 is 1.90 bits per heavy atom. The van der Waals surface area contributed by atoms with E-state index in [0.717, 1.165) is 0 Å². The third kappa shape index (κ3) is 2.46. The molecule has 4 nitrogen and oxygen atoms in total. The molecule has 0 radical (unpaired) electrons. The van der Waals surface area contributed by atoms with E-state index in [4.69, 9.17) is 10.00 Å². The lowest BCUT2D eigenvalue weighted by atomic mass is 10.5. The molecule has 4 heteroatoms. The molecular weight excluding hydrogens is 134 g/mol. The van der Waals surface area contributed by atoms with Crippen LogP contribution in [0.2, 0.25) is 0 Å². The molecule has 1 aliphatic heterocycles. The lowest BCUT2D eigenvalue weighted by molar-refractivity contribution is -0.142. The molecule has 1 heterocycles. The van der Waals surface area contributed by atoms with Gasteiger partial charge in [0.1, 0.15) is 19.1 Å². The summed E-state index contributed by atoms with van der Waals surface area (Å²) in [6.45, 7) is 0.959. The molecule has 0 bridgehead atoms. The summed E-state index contributed by atoms with van der Waals surface area (Å²) in [7, 11) is 0. The zero-order chi connectivity index (χ0) is 7.40. The molecule has 0 aromatic carbocycles. The first kappa shape index (κ1) is 7.03. The van der Waals surface area contributed by atoms with Gasteiger partial charge < -0.3 is 9.47 Å². The molecule has 0 amide bonds. The average Bonchev–Trinajstić information content (AvgIpc) is 2.67. The van der Waals surface area contributed by atoms with Crippen LogP contribution < -0.4 is 0 Å². The molecule has 54 valence electrons. The third-order valence-electron chi connectivity index (χ3n) is 1.06. The third-order valence-corrected chi connectivity index (χ3v) is 1.06. The van der Waals surface area contributed by atoms with Crippen LogP contribution in [0.4, 0.5) is 0 Å². The number of nitrogens with zero attached hydrogens (tertiary/aromatic N) is 1. The summed E-state index contributed by atoms with van der Waals surface area (Å²) in [5.41, 5.74) is 0. The minimum absolute atomic E-state index is 0.0858. The van der Waals surface area contributed by atoms with Crippen LogP contribution in [0.1, 0.15) is 6.42 Å². The lowest BCUT2D eigenvalue weighted by Crippen LogP contribution is -2.08. The van der Waals surface area contributed by atoms with E-state index in [1.807, 2.05) is 0 Å². The highest BCUT2D eigenvalue weighted by atomic mass is 16.6. The fourth-order valence-corrected chi connectivity index (χ4v) is 0.466. The number of hydrogen-bond donors (Lipinski definition) is 0. The molecule has 1 fully saturated rings. The molecule has 0 saturated carbocycles. The van der Waals surface area contributed by atoms with E-state index in [9.17, 15) is 4.79 Å². The number of hydrogen-bond acceptors (Lipinski definition) is 4. The van der Waals surface area contributed by atoms with E-state index in [1.54, 1.807) is 6.07 Å². The first-order chi connectivity index (χ1) is 4.83.